The first-order valence-electron chi connectivity index (χ1n) is 8.64. The Bertz CT molecular complexity index is 930. The predicted molar refractivity (Wildman–Crippen MR) is 102 cm³/mol. The van der Waals surface area contributed by atoms with Crippen molar-refractivity contribution < 1.29 is 23.8 Å². The molecule has 0 atom stereocenters. The minimum atomic E-state index is -0.622. The first-order chi connectivity index (χ1) is 12.7. The molecule has 5 nitrogen and oxygen atoms in total. The van der Waals surface area contributed by atoms with E-state index >= 15 is 0 Å². The van der Waals surface area contributed by atoms with E-state index in [9.17, 15) is 9.59 Å². The molecule has 1 aliphatic rings. The van der Waals surface area contributed by atoms with Crippen LogP contribution < -0.4 is 14.2 Å². The summed E-state index contributed by atoms with van der Waals surface area (Å²) in [4.78, 5) is 24.8. The van der Waals surface area contributed by atoms with Gasteiger partial charge in [0.2, 0.25) is 5.78 Å². The molecule has 0 saturated carbocycles. The highest BCUT2D eigenvalue weighted by Gasteiger charge is 2.31. The van der Waals surface area contributed by atoms with Crippen molar-refractivity contribution in [2.24, 2.45) is 5.41 Å². The summed E-state index contributed by atoms with van der Waals surface area (Å²) < 4.78 is 16.3. The minimum absolute atomic E-state index is 0.188. The maximum atomic E-state index is 12.7. The normalized spacial score (nSPS) is 14.7. The fourth-order valence-electron chi connectivity index (χ4n) is 2.65. The zero-order valence-electron chi connectivity index (χ0n) is 16.1. The zero-order chi connectivity index (χ0) is 19.8. The molecule has 2 aromatic carbocycles. The molecule has 0 bridgehead atoms. The van der Waals surface area contributed by atoms with Gasteiger partial charge in [-0.3, -0.25) is 9.59 Å². The summed E-state index contributed by atoms with van der Waals surface area (Å²) in [6.45, 7) is 7.15. The Labute approximate surface area is 158 Å². The van der Waals surface area contributed by atoms with Crippen LogP contribution >= 0.6 is 0 Å². The number of carbonyl (C=O) groups excluding carboxylic acids is 2. The Kier molecular flexibility index (Phi) is 4.79. The fourth-order valence-corrected chi connectivity index (χ4v) is 2.65. The molecule has 0 fully saturated rings. The second-order valence-corrected chi connectivity index (χ2v) is 7.47. The van der Waals surface area contributed by atoms with Crippen molar-refractivity contribution in [3.05, 3.63) is 58.8 Å². The maximum absolute atomic E-state index is 12.7. The number of hydrogen-bond acceptors (Lipinski definition) is 5. The predicted octanol–water partition coefficient (Wildman–Crippen LogP) is 4.57. The average molecular weight is 366 g/mol. The molecule has 1 heterocycles. The number of ether oxygens (including phenoxy) is 3. The van der Waals surface area contributed by atoms with Gasteiger partial charge in [0, 0.05) is 6.07 Å². The van der Waals surface area contributed by atoms with Crippen molar-refractivity contribution in [1.82, 2.24) is 0 Å². The Morgan fingerprint density at radius 2 is 1.74 bits per heavy atom. The number of aryl methyl sites for hydroxylation is 1. The molecule has 5 heteroatoms. The van der Waals surface area contributed by atoms with Crippen molar-refractivity contribution in [3.63, 3.8) is 0 Å². The molecule has 27 heavy (non-hydrogen) atoms. The Balaban J connectivity index is 1.89. The molecule has 0 saturated heterocycles. The van der Waals surface area contributed by atoms with Gasteiger partial charge in [0.05, 0.1) is 18.1 Å². The number of allylic oxidation sites excluding steroid dienone is 1. The summed E-state index contributed by atoms with van der Waals surface area (Å²) in [5, 5.41) is 0. The number of methoxy groups -OCH3 is 1. The van der Waals surface area contributed by atoms with Gasteiger partial charge in [-0.15, -0.1) is 0 Å². The molecule has 0 N–H and O–H groups in total. The van der Waals surface area contributed by atoms with Crippen LogP contribution in [0.4, 0.5) is 0 Å². The van der Waals surface area contributed by atoms with Gasteiger partial charge < -0.3 is 14.2 Å². The number of rotatable bonds is 3. The summed E-state index contributed by atoms with van der Waals surface area (Å²) in [5.41, 5.74) is 1.39. The maximum Gasteiger partial charge on any atom is 0.316 e. The van der Waals surface area contributed by atoms with Crippen LogP contribution in [0.2, 0.25) is 0 Å². The molecule has 0 radical (unpaired) electrons. The first kappa shape index (κ1) is 18.7. The number of ketones is 1. The van der Waals surface area contributed by atoms with Crippen LogP contribution in [0.25, 0.3) is 6.08 Å². The quantitative estimate of drug-likeness (QED) is 0.452. The summed E-state index contributed by atoms with van der Waals surface area (Å²) >= 11 is 0. The van der Waals surface area contributed by atoms with Gasteiger partial charge in [-0.2, -0.15) is 0 Å². The monoisotopic (exact) mass is 366 g/mol. The molecule has 0 unspecified atom stereocenters. The lowest BCUT2D eigenvalue weighted by molar-refractivity contribution is -0.143. The van der Waals surface area contributed by atoms with Gasteiger partial charge in [0.15, 0.2) is 5.76 Å². The van der Waals surface area contributed by atoms with Crippen LogP contribution in [0.3, 0.4) is 0 Å². The van der Waals surface area contributed by atoms with Crippen LogP contribution in [-0.2, 0) is 4.79 Å². The third-order valence-corrected chi connectivity index (χ3v) is 4.18. The van der Waals surface area contributed by atoms with Crippen LogP contribution in [0.1, 0.15) is 42.3 Å². The number of carbonyl (C=O) groups is 2. The van der Waals surface area contributed by atoms with E-state index in [1.165, 1.54) is 0 Å². The average Bonchev–Trinajstić information content (AvgIpc) is 2.90. The van der Waals surface area contributed by atoms with Crippen LogP contribution in [-0.4, -0.2) is 18.9 Å². The van der Waals surface area contributed by atoms with Gasteiger partial charge in [0.1, 0.15) is 17.2 Å². The molecule has 0 amide bonds. The van der Waals surface area contributed by atoms with Gasteiger partial charge in [0.25, 0.3) is 0 Å². The smallest absolute Gasteiger partial charge is 0.316 e. The van der Waals surface area contributed by atoms with E-state index in [-0.39, 0.29) is 17.5 Å². The molecular weight excluding hydrogens is 344 g/mol. The van der Waals surface area contributed by atoms with Gasteiger partial charge in [-0.25, -0.2) is 0 Å². The van der Waals surface area contributed by atoms with Gasteiger partial charge >= 0.3 is 5.97 Å². The number of benzene rings is 2. The number of esters is 1. The third kappa shape index (κ3) is 3.87. The van der Waals surface area contributed by atoms with E-state index in [1.807, 2.05) is 24.3 Å². The molecule has 0 aliphatic carbocycles. The van der Waals surface area contributed by atoms with E-state index in [2.05, 4.69) is 0 Å². The third-order valence-electron chi connectivity index (χ3n) is 4.18. The van der Waals surface area contributed by atoms with E-state index in [4.69, 9.17) is 14.2 Å². The van der Waals surface area contributed by atoms with Crippen LogP contribution in [0.15, 0.2) is 42.2 Å². The van der Waals surface area contributed by atoms with Crippen molar-refractivity contribution in [2.75, 3.05) is 7.11 Å². The van der Waals surface area contributed by atoms with Crippen LogP contribution in [0.5, 0.6) is 17.2 Å². The first-order valence-corrected chi connectivity index (χ1v) is 8.64. The zero-order valence-corrected chi connectivity index (χ0v) is 16.1. The lowest BCUT2D eigenvalue weighted by Gasteiger charge is -2.16. The second kappa shape index (κ2) is 6.91. The highest BCUT2D eigenvalue weighted by molar-refractivity contribution is 6.15. The minimum Gasteiger partial charge on any atom is -0.497 e. The fraction of sp³-hybridized carbons (Fsp3) is 0.273. The molecule has 140 valence electrons. The van der Waals surface area contributed by atoms with Crippen molar-refractivity contribution in [3.8, 4) is 17.2 Å². The summed E-state index contributed by atoms with van der Waals surface area (Å²) in [7, 11) is 1.60. The van der Waals surface area contributed by atoms with Crippen LogP contribution in [0, 0.1) is 12.3 Å². The van der Waals surface area contributed by atoms with Crippen molar-refractivity contribution in [2.45, 2.75) is 27.7 Å². The van der Waals surface area contributed by atoms with E-state index < -0.39 is 5.41 Å². The van der Waals surface area contributed by atoms with Crippen molar-refractivity contribution >= 4 is 17.8 Å². The Morgan fingerprint density at radius 1 is 1.07 bits per heavy atom. The summed E-state index contributed by atoms with van der Waals surface area (Å²) in [5.74, 6) is 1.20. The lowest BCUT2D eigenvalue weighted by atomic mass is 9.97. The van der Waals surface area contributed by atoms with Crippen molar-refractivity contribution in [1.29, 1.82) is 0 Å². The second-order valence-electron chi connectivity index (χ2n) is 7.47. The molecule has 0 aromatic heterocycles. The number of Topliss-reactive ketones (excluding diaryl/α,β-unsaturated/α-hetero) is 1. The summed E-state index contributed by atoms with van der Waals surface area (Å²) in [6, 6.07) is 10.6. The lowest BCUT2D eigenvalue weighted by Crippen LogP contribution is -2.25. The topological polar surface area (TPSA) is 61.8 Å². The summed E-state index contributed by atoms with van der Waals surface area (Å²) in [6.07, 6.45) is 1.68. The number of fused-ring (bicyclic) bond motifs is 1. The number of hydrogen-bond donors (Lipinski definition) is 0. The Morgan fingerprint density at radius 3 is 2.33 bits per heavy atom. The molecule has 0 spiro atoms. The highest BCUT2D eigenvalue weighted by Crippen LogP contribution is 2.38. The van der Waals surface area contributed by atoms with E-state index in [0.29, 0.717) is 22.6 Å². The van der Waals surface area contributed by atoms with E-state index in [0.717, 1.165) is 11.3 Å². The SMILES string of the molecule is COc1ccc(/C=C2\Oc3cc(OC(=O)C(C)(C)C)cc(C)c3C2=O)cc1. The van der Waals surface area contributed by atoms with E-state index in [1.54, 1.807) is 53.0 Å². The largest absolute Gasteiger partial charge is 0.497 e. The highest BCUT2D eigenvalue weighted by atomic mass is 16.5. The molecule has 2 aromatic rings. The molecular formula is C22H22O5. The van der Waals surface area contributed by atoms with Gasteiger partial charge in [-0.05, 0) is 63.1 Å². The molecule has 1 aliphatic heterocycles. The van der Waals surface area contributed by atoms with Gasteiger partial charge in [-0.1, -0.05) is 12.1 Å². The standard InChI is InChI=1S/C22H22O5/c1-13-10-16(26-21(24)22(2,3)4)12-17-19(13)20(23)18(27-17)11-14-6-8-15(25-5)9-7-14/h6-12H,1-5H3/b18-11-. The Hall–Kier alpha value is -3.08. The molecule has 3 rings (SSSR count).